The molecule has 2 aliphatic rings. The van der Waals surface area contributed by atoms with Crippen molar-refractivity contribution in [3.63, 3.8) is 0 Å². The minimum atomic E-state index is 0.121. The lowest BCUT2D eigenvalue weighted by molar-refractivity contribution is 0.0487. The van der Waals surface area contributed by atoms with E-state index in [9.17, 15) is 0 Å². The van der Waals surface area contributed by atoms with Crippen LogP contribution in [-0.4, -0.2) is 40.0 Å². The lowest BCUT2D eigenvalue weighted by atomic mass is 9.72. The third-order valence-corrected chi connectivity index (χ3v) is 5.71. The number of aryl methyl sites for hydroxylation is 1. The van der Waals surface area contributed by atoms with Crippen LogP contribution in [0.2, 0.25) is 0 Å². The topological polar surface area (TPSA) is 64.9 Å². The average Bonchev–Trinajstić information content (AvgIpc) is 3.37. The second kappa shape index (κ2) is 6.84. The van der Waals surface area contributed by atoms with Crippen molar-refractivity contribution in [2.24, 2.45) is 0 Å². The summed E-state index contributed by atoms with van der Waals surface area (Å²) in [4.78, 5) is 0. The van der Waals surface area contributed by atoms with E-state index in [0.717, 1.165) is 38.4 Å². The first-order valence-corrected chi connectivity index (χ1v) is 9.35. The van der Waals surface area contributed by atoms with Crippen LogP contribution in [0.4, 0.5) is 0 Å². The van der Waals surface area contributed by atoms with Gasteiger partial charge in [-0.3, -0.25) is 0 Å². The molecule has 1 N–H and O–H groups in total. The zero-order chi connectivity index (χ0) is 17.3. The molecule has 2 fully saturated rings. The van der Waals surface area contributed by atoms with Crippen molar-refractivity contribution in [1.82, 2.24) is 25.5 Å². The van der Waals surface area contributed by atoms with E-state index in [4.69, 9.17) is 4.74 Å². The summed E-state index contributed by atoms with van der Waals surface area (Å²) in [5, 5.41) is 16.1. The molecule has 25 heavy (non-hydrogen) atoms. The van der Waals surface area contributed by atoms with Gasteiger partial charge in [0, 0.05) is 25.2 Å². The lowest BCUT2D eigenvalue weighted by Gasteiger charge is -2.39. The van der Waals surface area contributed by atoms with E-state index in [2.05, 4.69) is 59.0 Å². The van der Waals surface area contributed by atoms with Crippen molar-refractivity contribution in [3.05, 3.63) is 41.2 Å². The van der Waals surface area contributed by atoms with Gasteiger partial charge in [0.2, 0.25) is 0 Å². The van der Waals surface area contributed by atoms with E-state index in [1.54, 1.807) is 0 Å². The predicted molar refractivity (Wildman–Crippen MR) is 95.4 cm³/mol. The van der Waals surface area contributed by atoms with Gasteiger partial charge in [0.05, 0.1) is 12.1 Å². The van der Waals surface area contributed by atoms with Crippen molar-refractivity contribution < 1.29 is 4.74 Å². The molecule has 1 aromatic heterocycles. The number of nitrogens with zero attached hydrogens (tertiary/aromatic N) is 4. The number of ether oxygens (including phenoxy) is 1. The summed E-state index contributed by atoms with van der Waals surface area (Å²) in [6.07, 6.45) is 4.47. The van der Waals surface area contributed by atoms with Crippen LogP contribution in [0.3, 0.4) is 0 Å². The molecule has 1 saturated heterocycles. The number of tetrazole rings is 1. The summed E-state index contributed by atoms with van der Waals surface area (Å²) in [5.74, 6) is 0.953. The summed E-state index contributed by atoms with van der Waals surface area (Å²) in [6.45, 7) is 6.94. The number of aromatic nitrogens is 4. The number of hydrogen-bond donors (Lipinski definition) is 1. The summed E-state index contributed by atoms with van der Waals surface area (Å²) >= 11 is 0. The second-order valence-corrected chi connectivity index (χ2v) is 7.52. The fraction of sp³-hybridized carbons (Fsp3) is 0.632. The molecule has 4 rings (SSSR count). The van der Waals surface area contributed by atoms with Crippen molar-refractivity contribution in [1.29, 1.82) is 0 Å². The van der Waals surface area contributed by atoms with Crippen LogP contribution >= 0.6 is 0 Å². The molecule has 134 valence electrons. The molecular weight excluding hydrogens is 314 g/mol. The Hall–Kier alpha value is -1.79. The Kier molecular flexibility index (Phi) is 4.56. The third-order valence-electron chi connectivity index (χ3n) is 5.71. The minimum absolute atomic E-state index is 0.121. The second-order valence-electron chi connectivity index (χ2n) is 7.52. The molecule has 0 radical (unpaired) electrons. The largest absolute Gasteiger partial charge is 0.381 e. The maximum atomic E-state index is 5.66. The minimum Gasteiger partial charge on any atom is -0.381 e. The molecule has 2 heterocycles. The lowest BCUT2D eigenvalue weighted by Crippen LogP contribution is -2.44. The third kappa shape index (κ3) is 3.33. The van der Waals surface area contributed by atoms with Gasteiger partial charge in [-0.25, -0.2) is 4.68 Å². The van der Waals surface area contributed by atoms with Gasteiger partial charge in [-0.2, -0.15) is 0 Å². The number of benzene rings is 1. The van der Waals surface area contributed by atoms with E-state index < -0.39 is 0 Å². The molecule has 1 aliphatic heterocycles. The molecule has 6 nitrogen and oxygen atoms in total. The van der Waals surface area contributed by atoms with E-state index in [-0.39, 0.29) is 11.5 Å². The van der Waals surface area contributed by atoms with Crippen molar-refractivity contribution in [3.8, 4) is 0 Å². The number of nitrogens with one attached hydrogen (secondary N) is 1. The molecule has 6 heteroatoms. The first kappa shape index (κ1) is 16.7. The Balaban J connectivity index is 1.53. The summed E-state index contributed by atoms with van der Waals surface area (Å²) < 4.78 is 7.66. The van der Waals surface area contributed by atoms with Crippen LogP contribution in [0.5, 0.6) is 0 Å². The number of rotatable bonds is 6. The molecule has 2 aromatic rings. The fourth-order valence-corrected chi connectivity index (χ4v) is 3.98. The van der Waals surface area contributed by atoms with Gasteiger partial charge < -0.3 is 10.1 Å². The highest BCUT2D eigenvalue weighted by atomic mass is 16.5. The van der Waals surface area contributed by atoms with Crippen LogP contribution in [0, 0.1) is 6.92 Å². The predicted octanol–water partition coefficient (Wildman–Crippen LogP) is 2.72. The van der Waals surface area contributed by atoms with Crippen molar-refractivity contribution in [2.45, 2.75) is 57.0 Å². The fourth-order valence-electron chi connectivity index (χ4n) is 3.98. The highest BCUT2D eigenvalue weighted by molar-refractivity contribution is 5.34. The van der Waals surface area contributed by atoms with Gasteiger partial charge in [0.25, 0.3) is 0 Å². The van der Waals surface area contributed by atoms with E-state index in [1.165, 1.54) is 24.0 Å². The van der Waals surface area contributed by atoms with Crippen molar-refractivity contribution in [2.75, 3.05) is 19.8 Å². The Bertz CT molecular complexity index is 718. The zero-order valence-corrected chi connectivity index (χ0v) is 15.1. The smallest absolute Gasteiger partial charge is 0.168 e. The molecule has 0 spiro atoms. The highest BCUT2D eigenvalue weighted by Crippen LogP contribution is 2.38. The first-order valence-electron chi connectivity index (χ1n) is 9.35. The van der Waals surface area contributed by atoms with Crippen molar-refractivity contribution >= 4 is 0 Å². The molecule has 1 aromatic carbocycles. The normalized spacial score (nSPS) is 21.2. The van der Waals surface area contributed by atoms with E-state index in [0.29, 0.717) is 6.04 Å². The van der Waals surface area contributed by atoms with Gasteiger partial charge in [-0.05, 0) is 61.1 Å². The summed E-state index contributed by atoms with van der Waals surface area (Å²) in [6, 6.07) is 9.40. The molecule has 1 unspecified atom stereocenters. The zero-order valence-electron chi connectivity index (χ0n) is 15.1. The quantitative estimate of drug-likeness (QED) is 0.875. The average molecular weight is 341 g/mol. The Morgan fingerprint density at radius 1 is 1.28 bits per heavy atom. The Labute approximate surface area is 149 Å². The van der Waals surface area contributed by atoms with E-state index in [1.807, 2.05) is 4.68 Å². The molecule has 1 saturated carbocycles. The number of hydrogen-bond acceptors (Lipinski definition) is 5. The molecule has 1 aliphatic carbocycles. The van der Waals surface area contributed by atoms with Gasteiger partial charge >= 0.3 is 0 Å². The molecule has 0 amide bonds. The SMILES string of the molecule is Cc1ccccc1C1(CNC(C)c2nnnn2C2CC2)CCOCC1. The standard InChI is InChI=1S/C19H27N5O/c1-14-5-3-4-6-17(14)19(9-11-25-12-10-19)13-20-15(2)18-21-22-23-24(18)16-7-8-16/h3-6,15-16,20H,7-13H2,1-2H3. The van der Waals surface area contributed by atoms with Crippen LogP contribution in [0.25, 0.3) is 0 Å². The van der Waals surface area contributed by atoms with Crippen LogP contribution in [0.1, 0.15) is 61.6 Å². The maximum absolute atomic E-state index is 5.66. The Morgan fingerprint density at radius 3 is 2.76 bits per heavy atom. The summed E-state index contributed by atoms with van der Waals surface area (Å²) in [7, 11) is 0. The molecule has 1 atom stereocenters. The molecular formula is C19H27N5O. The first-order chi connectivity index (χ1) is 12.2. The van der Waals surface area contributed by atoms with Gasteiger partial charge in [0.1, 0.15) is 0 Å². The van der Waals surface area contributed by atoms with E-state index >= 15 is 0 Å². The van der Waals surface area contributed by atoms with Gasteiger partial charge in [-0.15, -0.1) is 5.10 Å². The van der Waals surface area contributed by atoms with Crippen LogP contribution in [0.15, 0.2) is 24.3 Å². The van der Waals surface area contributed by atoms with Gasteiger partial charge in [0.15, 0.2) is 5.82 Å². The Morgan fingerprint density at radius 2 is 2.04 bits per heavy atom. The van der Waals surface area contributed by atoms with Crippen LogP contribution in [-0.2, 0) is 10.2 Å². The van der Waals surface area contributed by atoms with Gasteiger partial charge in [-0.1, -0.05) is 24.3 Å². The maximum Gasteiger partial charge on any atom is 0.168 e. The van der Waals surface area contributed by atoms with Crippen LogP contribution < -0.4 is 5.32 Å². The summed E-state index contributed by atoms with van der Waals surface area (Å²) in [5.41, 5.74) is 2.93. The monoisotopic (exact) mass is 341 g/mol. The highest BCUT2D eigenvalue weighted by Gasteiger charge is 2.36. The molecule has 0 bridgehead atoms.